The largest absolute Gasteiger partial charge is 0.348 e. The van der Waals surface area contributed by atoms with E-state index in [4.69, 9.17) is 0 Å². The number of aromatic nitrogens is 3. The standard InChI is InChI=1S/C17H16N4OS/c1-10-5-16-19-20-17(22)21(16)15-7-11(3-4-14(10)15)12-6-13(8-18-2)23-9-12/h3-7,9,18H,8H2,1-2H3,(H,20,22). The minimum atomic E-state index is -0.205. The molecule has 1 aromatic carbocycles. The molecule has 3 aromatic heterocycles. The van der Waals surface area contributed by atoms with E-state index in [2.05, 4.69) is 45.2 Å². The molecule has 23 heavy (non-hydrogen) atoms. The van der Waals surface area contributed by atoms with Gasteiger partial charge in [0.05, 0.1) is 5.52 Å². The van der Waals surface area contributed by atoms with Crippen LogP contribution in [-0.2, 0) is 6.54 Å². The Labute approximate surface area is 136 Å². The fourth-order valence-corrected chi connectivity index (χ4v) is 3.84. The number of aryl methyl sites for hydroxylation is 1. The lowest BCUT2D eigenvalue weighted by Crippen LogP contribution is -2.10. The van der Waals surface area contributed by atoms with E-state index >= 15 is 0 Å². The number of hydrogen-bond donors (Lipinski definition) is 2. The van der Waals surface area contributed by atoms with Gasteiger partial charge in [0.15, 0.2) is 5.65 Å². The first kappa shape index (κ1) is 14.2. The zero-order valence-corrected chi connectivity index (χ0v) is 13.7. The number of rotatable bonds is 3. The predicted octanol–water partition coefficient (Wildman–Crippen LogP) is 2.93. The lowest BCUT2D eigenvalue weighted by molar-refractivity contribution is 0.831. The molecule has 0 aliphatic rings. The van der Waals surface area contributed by atoms with Gasteiger partial charge in [0.2, 0.25) is 0 Å². The van der Waals surface area contributed by atoms with E-state index in [0.717, 1.165) is 28.6 Å². The Morgan fingerprint density at radius 3 is 2.96 bits per heavy atom. The van der Waals surface area contributed by atoms with Crippen LogP contribution in [0.2, 0.25) is 0 Å². The van der Waals surface area contributed by atoms with Crippen LogP contribution < -0.4 is 11.0 Å². The molecular weight excluding hydrogens is 308 g/mol. The summed E-state index contributed by atoms with van der Waals surface area (Å²) in [7, 11) is 1.94. The van der Waals surface area contributed by atoms with Crippen molar-refractivity contribution < 1.29 is 0 Å². The second kappa shape index (κ2) is 5.33. The highest BCUT2D eigenvalue weighted by Gasteiger charge is 2.10. The number of hydrogen-bond acceptors (Lipinski definition) is 4. The molecule has 2 N–H and O–H groups in total. The molecule has 0 aliphatic carbocycles. The van der Waals surface area contributed by atoms with Crippen molar-refractivity contribution >= 4 is 27.9 Å². The SMILES string of the molecule is CNCc1cc(-c2ccc3c(C)cc4n[nH]c(=O)n4c3c2)cs1. The van der Waals surface area contributed by atoms with E-state index in [0.29, 0.717) is 5.65 Å². The minimum absolute atomic E-state index is 0.205. The first-order valence-corrected chi connectivity index (χ1v) is 8.28. The maximum absolute atomic E-state index is 12.1. The highest BCUT2D eigenvalue weighted by atomic mass is 32.1. The van der Waals surface area contributed by atoms with Crippen LogP contribution in [0.15, 0.2) is 40.5 Å². The number of fused-ring (bicyclic) bond motifs is 3. The van der Waals surface area contributed by atoms with Crippen molar-refractivity contribution in [2.24, 2.45) is 0 Å². The Balaban J connectivity index is 1.97. The fraction of sp³-hybridized carbons (Fsp3) is 0.176. The van der Waals surface area contributed by atoms with Crippen molar-refractivity contribution in [1.82, 2.24) is 19.9 Å². The van der Waals surface area contributed by atoms with Gasteiger partial charge in [-0.25, -0.2) is 14.3 Å². The van der Waals surface area contributed by atoms with Gasteiger partial charge in [0.25, 0.3) is 0 Å². The lowest BCUT2D eigenvalue weighted by Gasteiger charge is -2.07. The van der Waals surface area contributed by atoms with E-state index < -0.39 is 0 Å². The van der Waals surface area contributed by atoms with Crippen LogP contribution in [0.5, 0.6) is 0 Å². The Bertz CT molecular complexity index is 1070. The summed E-state index contributed by atoms with van der Waals surface area (Å²) in [5.41, 5.74) is 4.72. The predicted molar refractivity (Wildman–Crippen MR) is 94.1 cm³/mol. The van der Waals surface area contributed by atoms with Gasteiger partial charge in [0.1, 0.15) is 0 Å². The molecule has 0 unspecified atom stereocenters. The van der Waals surface area contributed by atoms with E-state index in [1.165, 1.54) is 10.4 Å². The third-order valence-electron chi connectivity index (χ3n) is 4.05. The van der Waals surface area contributed by atoms with Crippen LogP contribution in [0.1, 0.15) is 10.4 Å². The number of pyridine rings is 1. The molecule has 0 radical (unpaired) electrons. The molecule has 0 fully saturated rings. The van der Waals surface area contributed by atoms with Crippen LogP contribution in [0.25, 0.3) is 27.7 Å². The normalized spacial score (nSPS) is 11.6. The number of nitrogens with one attached hydrogen (secondary N) is 2. The molecule has 0 bridgehead atoms. The molecular formula is C17H16N4OS. The van der Waals surface area contributed by atoms with E-state index in [9.17, 15) is 4.79 Å². The molecule has 4 aromatic rings. The topological polar surface area (TPSA) is 62.2 Å². The number of aromatic amines is 1. The first-order valence-electron chi connectivity index (χ1n) is 7.40. The monoisotopic (exact) mass is 324 g/mol. The van der Waals surface area contributed by atoms with Crippen LogP contribution in [0.4, 0.5) is 0 Å². The maximum Gasteiger partial charge on any atom is 0.348 e. The summed E-state index contributed by atoms with van der Waals surface area (Å²) in [6.45, 7) is 2.90. The Morgan fingerprint density at radius 1 is 1.26 bits per heavy atom. The summed E-state index contributed by atoms with van der Waals surface area (Å²) in [5, 5.41) is 13.0. The lowest BCUT2D eigenvalue weighted by atomic mass is 10.0. The van der Waals surface area contributed by atoms with Crippen molar-refractivity contribution in [3.05, 3.63) is 56.6 Å². The average Bonchev–Trinajstić information content (AvgIpc) is 3.15. The zero-order chi connectivity index (χ0) is 16.0. The summed E-state index contributed by atoms with van der Waals surface area (Å²) in [5.74, 6) is 0. The minimum Gasteiger partial charge on any atom is -0.315 e. The van der Waals surface area contributed by atoms with Crippen molar-refractivity contribution in [1.29, 1.82) is 0 Å². The molecule has 6 heteroatoms. The van der Waals surface area contributed by atoms with Crippen molar-refractivity contribution in [2.45, 2.75) is 13.5 Å². The molecule has 0 amide bonds. The van der Waals surface area contributed by atoms with Crippen LogP contribution >= 0.6 is 11.3 Å². The Kier molecular flexibility index (Phi) is 3.28. The van der Waals surface area contributed by atoms with E-state index in [1.54, 1.807) is 15.7 Å². The summed E-state index contributed by atoms with van der Waals surface area (Å²) in [6.07, 6.45) is 0. The molecule has 0 saturated carbocycles. The van der Waals surface area contributed by atoms with Gasteiger partial charge in [-0.3, -0.25) is 0 Å². The number of benzene rings is 1. The molecule has 0 saturated heterocycles. The molecule has 5 nitrogen and oxygen atoms in total. The highest BCUT2D eigenvalue weighted by Crippen LogP contribution is 2.29. The second-order valence-electron chi connectivity index (χ2n) is 5.61. The molecule has 4 rings (SSSR count). The first-order chi connectivity index (χ1) is 11.2. The van der Waals surface area contributed by atoms with E-state index in [-0.39, 0.29) is 5.69 Å². The Morgan fingerprint density at radius 2 is 2.13 bits per heavy atom. The Hall–Kier alpha value is -2.44. The molecule has 3 heterocycles. The molecule has 0 atom stereocenters. The number of nitrogens with zero attached hydrogens (tertiary/aromatic N) is 2. The van der Waals surface area contributed by atoms with Crippen molar-refractivity contribution in [3.63, 3.8) is 0 Å². The van der Waals surface area contributed by atoms with Crippen LogP contribution in [-0.4, -0.2) is 21.6 Å². The van der Waals surface area contributed by atoms with Crippen molar-refractivity contribution in [2.75, 3.05) is 7.05 Å². The van der Waals surface area contributed by atoms with Gasteiger partial charge in [-0.2, -0.15) is 5.10 Å². The van der Waals surface area contributed by atoms with Crippen LogP contribution in [0, 0.1) is 6.92 Å². The third-order valence-corrected chi connectivity index (χ3v) is 4.98. The average molecular weight is 324 g/mol. The third kappa shape index (κ3) is 2.27. The van der Waals surface area contributed by atoms with Gasteiger partial charge in [-0.15, -0.1) is 11.3 Å². The van der Waals surface area contributed by atoms with Gasteiger partial charge in [-0.1, -0.05) is 12.1 Å². The van der Waals surface area contributed by atoms with Crippen LogP contribution in [0.3, 0.4) is 0 Å². The zero-order valence-electron chi connectivity index (χ0n) is 12.9. The van der Waals surface area contributed by atoms with Gasteiger partial charge < -0.3 is 5.32 Å². The van der Waals surface area contributed by atoms with Gasteiger partial charge in [0, 0.05) is 16.8 Å². The van der Waals surface area contributed by atoms with Gasteiger partial charge in [-0.05, 0) is 54.2 Å². The summed E-state index contributed by atoms with van der Waals surface area (Å²) >= 11 is 1.74. The number of H-pyrrole nitrogens is 1. The summed E-state index contributed by atoms with van der Waals surface area (Å²) in [4.78, 5) is 13.4. The second-order valence-corrected chi connectivity index (χ2v) is 6.61. The van der Waals surface area contributed by atoms with Gasteiger partial charge >= 0.3 is 5.69 Å². The highest BCUT2D eigenvalue weighted by molar-refractivity contribution is 7.10. The molecule has 116 valence electrons. The summed E-state index contributed by atoms with van der Waals surface area (Å²) in [6, 6.07) is 10.4. The molecule has 0 spiro atoms. The van der Waals surface area contributed by atoms with E-state index in [1.807, 2.05) is 20.0 Å². The quantitative estimate of drug-likeness (QED) is 0.609. The maximum atomic E-state index is 12.1. The van der Waals surface area contributed by atoms with Crippen molar-refractivity contribution in [3.8, 4) is 11.1 Å². The molecule has 0 aliphatic heterocycles. The summed E-state index contributed by atoms with van der Waals surface area (Å²) < 4.78 is 1.63. The fourth-order valence-electron chi connectivity index (χ4n) is 2.94. The smallest absolute Gasteiger partial charge is 0.315 e. The number of thiophene rings is 1.